The zero-order valence-electron chi connectivity index (χ0n) is 19.4. The fraction of sp³-hybridized carbons (Fsp3) is 0.913. The average molecular weight is 419 g/mol. The van der Waals surface area contributed by atoms with E-state index in [2.05, 4.69) is 32.4 Å². The topological polar surface area (TPSA) is 52.6 Å². The van der Waals surface area contributed by atoms with Crippen molar-refractivity contribution in [3.8, 4) is 0 Å². The molecule has 0 aliphatic rings. The molecule has 0 atom stereocenters. The van der Waals surface area contributed by atoms with Crippen molar-refractivity contribution >= 4 is 18.8 Å². The predicted octanol–water partition coefficient (Wildman–Crippen LogP) is 6.93. The molecule has 0 aliphatic carbocycles. The fourth-order valence-corrected chi connectivity index (χ4v) is 10.9. The molecule has 0 amide bonds. The number of unbranched alkanes of at least 4 members (excludes halogenated alkanes) is 5. The van der Waals surface area contributed by atoms with Crippen molar-refractivity contribution in [3.63, 3.8) is 0 Å². The number of rotatable bonds is 18. The summed E-state index contributed by atoms with van der Waals surface area (Å²) >= 11 is 0. The van der Waals surface area contributed by atoms with Crippen LogP contribution in [0.25, 0.3) is 0 Å². The van der Waals surface area contributed by atoms with Crippen molar-refractivity contribution in [1.29, 1.82) is 0 Å². The van der Waals surface area contributed by atoms with Gasteiger partial charge in [-0.25, -0.2) is 0 Å². The molecule has 0 unspecified atom stereocenters. The number of methoxy groups -OCH3 is 1. The Morgan fingerprint density at radius 2 is 0.964 bits per heavy atom. The molecule has 5 heteroatoms. The molecular formula is C23H47O4P. The van der Waals surface area contributed by atoms with Gasteiger partial charge >= 0.3 is 174 Å². The monoisotopic (exact) mass is 418 g/mol. The van der Waals surface area contributed by atoms with E-state index >= 15 is 0 Å². The van der Waals surface area contributed by atoms with Crippen LogP contribution in [0.15, 0.2) is 0 Å². The Morgan fingerprint density at radius 1 is 0.607 bits per heavy atom. The van der Waals surface area contributed by atoms with Gasteiger partial charge in [0.15, 0.2) is 0 Å². The van der Waals surface area contributed by atoms with Crippen LogP contribution in [0.4, 0.5) is 0 Å². The first-order valence-electron chi connectivity index (χ1n) is 11.7. The second kappa shape index (κ2) is 15.2. The zero-order chi connectivity index (χ0) is 21.3. The maximum absolute atomic E-state index is 12.9. The molecule has 168 valence electrons. The SMILES string of the molecule is CCCCP(CCCC)(CCCC)(CCCC)OC(=O)CCCCC(=O)OC. The van der Waals surface area contributed by atoms with Crippen LogP contribution in [-0.4, -0.2) is 43.7 Å². The molecule has 0 N–H and O–H groups in total. The van der Waals surface area contributed by atoms with Crippen LogP contribution in [0, 0.1) is 0 Å². The molecule has 0 rings (SSSR count). The Hall–Kier alpha value is -0.630. The van der Waals surface area contributed by atoms with E-state index in [4.69, 9.17) is 4.52 Å². The molecule has 0 saturated heterocycles. The molecule has 0 saturated carbocycles. The van der Waals surface area contributed by atoms with Crippen LogP contribution in [0.3, 0.4) is 0 Å². The molecule has 0 radical (unpaired) electrons. The molecule has 0 aromatic heterocycles. The molecule has 4 nitrogen and oxygen atoms in total. The fourth-order valence-electron chi connectivity index (χ4n) is 4.06. The quantitative estimate of drug-likeness (QED) is 0.137. The second-order valence-corrected chi connectivity index (χ2v) is 14.1. The number of hydrogen-bond acceptors (Lipinski definition) is 4. The number of esters is 1. The number of carbonyl (C=O) groups is 2. The van der Waals surface area contributed by atoms with E-state index in [-0.39, 0.29) is 11.9 Å². The van der Waals surface area contributed by atoms with Gasteiger partial charge in [0.1, 0.15) is 0 Å². The summed E-state index contributed by atoms with van der Waals surface area (Å²) in [6.45, 7) is 6.42. The predicted molar refractivity (Wildman–Crippen MR) is 123 cm³/mol. The van der Waals surface area contributed by atoms with Gasteiger partial charge in [0.2, 0.25) is 0 Å². The van der Waals surface area contributed by atoms with Crippen molar-refractivity contribution in [3.05, 3.63) is 0 Å². The van der Waals surface area contributed by atoms with Gasteiger partial charge in [-0.1, -0.05) is 0 Å². The van der Waals surface area contributed by atoms with Gasteiger partial charge in [0.05, 0.1) is 0 Å². The summed E-state index contributed by atoms with van der Waals surface area (Å²) in [5.74, 6) is -0.230. The van der Waals surface area contributed by atoms with Crippen molar-refractivity contribution in [2.45, 2.75) is 105 Å². The number of hydrogen-bond donors (Lipinski definition) is 0. The van der Waals surface area contributed by atoms with Gasteiger partial charge in [-0.3, -0.25) is 0 Å². The second-order valence-electron chi connectivity index (χ2n) is 8.41. The third kappa shape index (κ3) is 10.2. The zero-order valence-corrected chi connectivity index (χ0v) is 20.3. The van der Waals surface area contributed by atoms with E-state index in [1.165, 1.54) is 7.11 Å². The molecule has 0 aliphatic heterocycles. The van der Waals surface area contributed by atoms with Gasteiger partial charge in [-0.2, -0.15) is 0 Å². The van der Waals surface area contributed by atoms with E-state index in [0.29, 0.717) is 25.7 Å². The maximum atomic E-state index is 12.9. The van der Waals surface area contributed by atoms with E-state index in [9.17, 15) is 9.59 Å². The first-order valence-corrected chi connectivity index (χ1v) is 14.6. The van der Waals surface area contributed by atoms with Gasteiger partial charge < -0.3 is 0 Å². The summed E-state index contributed by atoms with van der Waals surface area (Å²) in [5, 5.41) is 0. The molecule has 0 heterocycles. The van der Waals surface area contributed by atoms with Gasteiger partial charge in [-0.05, 0) is 0 Å². The van der Waals surface area contributed by atoms with Crippen LogP contribution in [-0.2, 0) is 18.8 Å². The minimum atomic E-state index is -2.52. The van der Waals surface area contributed by atoms with Crippen molar-refractivity contribution < 1.29 is 18.8 Å². The normalized spacial score (nSPS) is 13.0. The average Bonchev–Trinajstić information content (AvgIpc) is 2.71. The Balaban J connectivity index is 5.36. The first kappa shape index (κ1) is 27.4. The van der Waals surface area contributed by atoms with Crippen molar-refractivity contribution in [2.75, 3.05) is 31.8 Å². The van der Waals surface area contributed by atoms with Gasteiger partial charge in [0.25, 0.3) is 0 Å². The molecule has 0 spiro atoms. The molecule has 0 bridgehead atoms. The van der Waals surface area contributed by atoms with Crippen LogP contribution >= 0.6 is 6.83 Å². The summed E-state index contributed by atoms with van der Waals surface area (Å²) in [7, 11) is 1.41. The molecule has 0 aromatic rings. The molecule has 28 heavy (non-hydrogen) atoms. The Morgan fingerprint density at radius 3 is 1.29 bits per heavy atom. The minimum absolute atomic E-state index is 0.0260. The van der Waals surface area contributed by atoms with Gasteiger partial charge in [-0.15, -0.1) is 0 Å². The number of ether oxygens (including phenoxy) is 1. The summed E-state index contributed by atoms with van der Waals surface area (Å²) in [6, 6.07) is 0. The summed E-state index contributed by atoms with van der Waals surface area (Å²) in [6.07, 6.45) is 15.9. The van der Waals surface area contributed by atoms with E-state index in [1.807, 2.05) is 0 Å². The number of carbonyl (C=O) groups excluding carboxylic acids is 2. The standard InChI is InChI=1S/C23H47O4P/c1-6-10-18-28(19-11-7-2,20-12-8-3,21-13-9-4)27-23(25)17-15-14-16-22(24)26-5/h6-21H2,1-5H3. The van der Waals surface area contributed by atoms with Crippen LogP contribution in [0.5, 0.6) is 0 Å². The van der Waals surface area contributed by atoms with E-state index in [1.54, 1.807) is 0 Å². The summed E-state index contributed by atoms with van der Waals surface area (Å²) < 4.78 is 11.3. The Kier molecular flexibility index (Phi) is 14.9. The molecule has 0 fully saturated rings. The van der Waals surface area contributed by atoms with Crippen molar-refractivity contribution in [2.24, 2.45) is 0 Å². The Bertz CT molecular complexity index is 393. The van der Waals surface area contributed by atoms with E-state index in [0.717, 1.165) is 76.0 Å². The summed E-state index contributed by atoms with van der Waals surface area (Å²) in [5.41, 5.74) is 0. The van der Waals surface area contributed by atoms with E-state index < -0.39 is 6.83 Å². The van der Waals surface area contributed by atoms with Crippen LogP contribution < -0.4 is 0 Å². The van der Waals surface area contributed by atoms with Crippen molar-refractivity contribution in [1.82, 2.24) is 0 Å². The molecule has 0 aromatic carbocycles. The molecular weight excluding hydrogens is 371 g/mol. The summed E-state index contributed by atoms with van der Waals surface area (Å²) in [4.78, 5) is 24.2. The van der Waals surface area contributed by atoms with Crippen LogP contribution in [0.1, 0.15) is 105 Å². The Labute approximate surface area is 174 Å². The third-order valence-corrected chi connectivity index (χ3v) is 12.4. The van der Waals surface area contributed by atoms with Gasteiger partial charge in [0, 0.05) is 0 Å². The van der Waals surface area contributed by atoms with Crippen LogP contribution in [0.2, 0.25) is 0 Å². The third-order valence-electron chi connectivity index (χ3n) is 5.91. The first-order chi connectivity index (χ1) is 13.4.